The maximum Gasteiger partial charge on any atom is 0.245 e. The highest BCUT2D eigenvalue weighted by Crippen LogP contribution is 2.26. The summed E-state index contributed by atoms with van der Waals surface area (Å²) < 4.78 is 19.0. The number of ether oxygens (including phenoxy) is 1. The SMILES string of the molecule is N#CC1(C(=O)NCc2cc(Br)ccc2F)COC1. The zero-order valence-corrected chi connectivity index (χ0v) is 11.0. The van der Waals surface area contributed by atoms with Crippen molar-refractivity contribution in [3.05, 3.63) is 34.1 Å². The first-order chi connectivity index (χ1) is 8.57. The Labute approximate surface area is 112 Å². The number of nitrogens with one attached hydrogen (secondary N) is 1. The molecule has 6 heteroatoms. The van der Waals surface area contributed by atoms with Crippen molar-refractivity contribution in [1.29, 1.82) is 5.26 Å². The van der Waals surface area contributed by atoms with Gasteiger partial charge in [-0.1, -0.05) is 15.9 Å². The second-order valence-corrected chi connectivity index (χ2v) is 5.02. The molecule has 1 fully saturated rings. The van der Waals surface area contributed by atoms with Crippen molar-refractivity contribution < 1.29 is 13.9 Å². The van der Waals surface area contributed by atoms with Gasteiger partial charge in [0.2, 0.25) is 5.91 Å². The van der Waals surface area contributed by atoms with E-state index in [2.05, 4.69) is 21.2 Å². The third-order valence-corrected chi connectivity index (χ3v) is 3.29. The van der Waals surface area contributed by atoms with Gasteiger partial charge < -0.3 is 10.1 Å². The molecule has 0 atom stereocenters. The molecule has 1 aliphatic heterocycles. The van der Waals surface area contributed by atoms with Gasteiger partial charge in [-0.25, -0.2) is 4.39 Å². The molecule has 1 aromatic rings. The lowest BCUT2D eigenvalue weighted by Crippen LogP contribution is -2.53. The molecule has 18 heavy (non-hydrogen) atoms. The van der Waals surface area contributed by atoms with Crippen molar-refractivity contribution in [3.63, 3.8) is 0 Å². The fourth-order valence-electron chi connectivity index (χ4n) is 1.58. The molecule has 0 saturated carbocycles. The van der Waals surface area contributed by atoms with Gasteiger partial charge in [-0.15, -0.1) is 0 Å². The summed E-state index contributed by atoms with van der Waals surface area (Å²) in [5, 5.41) is 11.5. The van der Waals surface area contributed by atoms with Crippen LogP contribution in [0.1, 0.15) is 5.56 Å². The smallest absolute Gasteiger partial charge is 0.245 e. The third kappa shape index (κ3) is 2.37. The number of carbonyl (C=O) groups is 1. The average molecular weight is 313 g/mol. The molecule has 4 nitrogen and oxygen atoms in total. The van der Waals surface area contributed by atoms with Crippen LogP contribution < -0.4 is 5.32 Å². The van der Waals surface area contributed by atoms with E-state index in [9.17, 15) is 9.18 Å². The molecule has 0 radical (unpaired) electrons. The number of hydrogen-bond donors (Lipinski definition) is 1. The third-order valence-electron chi connectivity index (χ3n) is 2.79. The molecule has 94 valence electrons. The zero-order chi connectivity index (χ0) is 13.2. The standard InChI is InChI=1S/C12H10BrFN2O2/c13-9-1-2-10(14)8(3-9)4-16-11(17)12(5-15)6-18-7-12/h1-3H,4,6-7H2,(H,16,17). The molecule has 0 bridgehead atoms. The van der Waals surface area contributed by atoms with Crippen LogP contribution in [0.4, 0.5) is 4.39 Å². The molecule has 1 saturated heterocycles. The lowest BCUT2D eigenvalue weighted by Gasteiger charge is -2.33. The lowest BCUT2D eigenvalue weighted by atomic mass is 9.87. The first-order valence-corrected chi connectivity index (χ1v) is 6.08. The molecule has 0 unspecified atom stereocenters. The molecule has 2 rings (SSSR count). The van der Waals surface area contributed by atoms with Crippen molar-refractivity contribution in [2.24, 2.45) is 5.41 Å². The van der Waals surface area contributed by atoms with Crippen LogP contribution in [0.25, 0.3) is 0 Å². The quantitative estimate of drug-likeness (QED) is 0.925. The van der Waals surface area contributed by atoms with Crippen LogP contribution in [-0.4, -0.2) is 19.1 Å². The van der Waals surface area contributed by atoms with E-state index in [0.29, 0.717) is 5.56 Å². The summed E-state index contributed by atoms with van der Waals surface area (Å²) in [6, 6.07) is 6.42. The summed E-state index contributed by atoms with van der Waals surface area (Å²) in [6.07, 6.45) is 0. The van der Waals surface area contributed by atoms with E-state index in [4.69, 9.17) is 10.00 Å². The topological polar surface area (TPSA) is 62.1 Å². The van der Waals surface area contributed by atoms with Crippen molar-refractivity contribution in [2.75, 3.05) is 13.2 Å². The van der Waals surface area contributed by atoms with Crippen molar-refractivity contribution in [3.8, 4) is 6.07 Å². The van der Waals surface area contributed by atoms with E-state index in [0.717, 1.165) is 4.47 Å². The average Bonchev–Trinajstić information content (AvgIpc) is 2.29. The zero-order valence-electron chi connectivity index (χ0n) is 9.37. The van der Waals surface area contributed by atoms with E-state index in [-0.39, 0.29) is 19.8 Å². The minimum Gasteiger partial charge on any atom is -0.377 e. The van der Waals surface area contributed by atoms with Crippen LogP contribution in [-0.2, 0) is 16.1 Å². The van der Waals surface area contributed by atoms with Crippen LogP contribution in [0, 0.1) is 22.6 Å². The number of benzene rings is 1. The number of carbonyl (C=O) groups excluding carboxylic acids is 1. The second-order valence-electron chi connectivity index (χ2n) is 4.11. The van der Waals surface area contributed by atoms with Crippen LogP contribution in [0.15, 0.2) is 22.7 Å². The number of hydrogen-bond acceptors (Lipinski definition) is 3. The number of amides is 1. The number of rotatable bonds is 3. The first-order valence-electron chi connectivity index (χ1n) is 5.29. The summed E-state index contributed by atoms with van der Waals surface area (Å²) in [7, 11) is 0. The highest BCUT2D eigenvalue weighted by molar-refractivity contribution is 9.10. The first kappa shape index (κ1) is 13.0. The summed E-state index contributed by atoms with van der Waals surface area (Å²) in [6.45, 7) is 0.236. The molecule has 1 heterocycles. The van der Waals surface area contributed by atoms with Gasteiger partial charge in [0.15, 0.2) is 5.41 Å². The summed E-state index contributed by atoms with van der Waals surface area (Å²) in [4.78, 5) is 11.8. The Hall–Kier alpha value is -1.45. The van der Waals surface area contributed by atoms with E-state index in [1.54, 1.807) is 12.1 Å². The highest BCUT2D eigenvalue weighted by atomic mass is 79.9. The van der Waals surface area contributed by atoms with Crippen LogP contribution >= 0.6 is 15.9 Å². The molecule has 1 amide bonds. The molecule has 1 aromatic carbocycles. The van der Waals surface area contributed by atoms with Gasteiger partial charge in [-0.05, 0) is 18.2 Å². The van der Waals surface area contributed by atoms with Crippen molar-refractivity contribution >= 4 is 21.8 Å². The van der Waals surface area contributed by atoms with E-state index < -0.39 is 17.1 Å². The van der Waals surface area contributed by atoms with Gasteiger partial charge >= 0.3 is 0 Å². The highest BCUT2D eigenvalue weighted by Gasteiger charge is 2.46. The largest absolute Gasteiger partial charge is 0.377 e. The van der Waals surface area contributed by atoms with E-state index >= 15 is 0 Å². The maximum absolute atomic E-state index is 13.4. The Balaban J connectivity index is 2.02. The number of nitrogens with zero attached hydrogens (tertiary/aromatic N) is 1. The Morgan fingerprint density at radius 1 is 1.61 bits per heavy atom. The molecule has 1 N–H and O–H groups in total. The minimum atomic E-state index is -1.11. The fourth-order valence-corrected chi connectivity index (χ4v) is 1.98. The molecule has 0 aliphatic carbocycles. The number of halogens is 2. The molecule has 1 aliphatic rings. The Kier molecular flexibility index (Phi) is 3.64. The van der Waals surface area contributed by atoms with E-state index in [1.165, 1.54) is 6.07 Å². The van der Waals surface area contributed by atoms with Crippen LogP contribution in [0.5, 0.6) is 0 Å². The van der Waals surface area contributed by atoms with Crippen LogP contribution in [0.3, 0.4) is 0 Å². The maximum atomic E-state index is 13.4. The van der Waals surface area contributed by atoms with Gasteiger partial charge in [0, 0.05) is 16.6 Å². The summed E-state index contributed by atoms with van der Waals surface area (Å²) >= 11 is 3.23. The fraction of sp³-hybridized carbons (Fsp3) is 0.333. The lowest BCUT2D eigenvalue weighted by molar-refractivity contribution is -0.150. The van der Waals surface area contributed by atoms with Crippen LogP contribution in [0.2, 0.25) is 0 Å². The van der Waals surface area contributed by atoms with Gasteiger partial charge in [-0.3, -0.25) is 4.79 Å². The molecule has 0 spiro atoms. The second kappa shape index (κ2) is 5.04. The van der Waals surface area contributed by atoms with Gasteiger partial charge in [0.25, 0.3) is 0 Å². The van der Waals surface area contributed by atoms with Crippen molar-refractivity contribution in [1.82, 2.24) is 5.32 Å². The summed E-state index contributed by atoms with van der Waals surface area (Å²) in [5.74, 6) is -0.815. The minimum absolute atomic E-state index is 0.0491. The van der Waals surface area contributed by atoms with Gasteiger partial charge in [0.05, 0.1) is 19.3 Å². The van der Waals surface area contributed by atoms with E-state index in [1.807, 2.05) is 6.07 Å². The normalized spacial score (nSPS) is 16.5. The predicted molar refractivity (Wildman–Crippen MR) is 64.8 cm³/mol. The van der Waals surface area contributed by atoms with Gasteiger partial charge in [0.1, 0.15) is 5.82 Å². The van der Waals surface area contributed by atoms with Gasteiger partial charge in [-0.2, -0.15) is 5.26 Å². The monoisotopic (exact) mass is 312 g/mol. The number of nitriles is 1. The predicted octanol–water partition coefficient (Wildman–Crippen LogP) is 1.74. The van der Waals surface area contributed by atoms with Crippen molar-refractivity contribution in [2.45, 2.75) is 6.54 Å². The molecular weight excluding hydrogens is 303 g/mol. The Morgan fingerprint density at radius 3 is 2.89 bits per heavy atom. The Morgan fingerprint density at radius 2 is 2.33 bits per heavy atom. The Bertz CT molecular complexity index is 523. The molecular formula is C12H10BrFN2O2. The molecule has 0 aromatic heterocycles. The summed E-state index contributed by atoms with van der Waals surface area (Å²) in [5.41, 5.74) is -0.742.